The molecule has 1 N–H and O–H groups in total. The molecule has 0 spiro atoms. The number of fused-ring (bicyclic) bond motifs is 2. The highest BCUT2D eigenvalue weighted by molar-refractivity contribution is 5.64. The maximum atomic E-state index is 4.15. The predicted molar refractivity (Wildman–Crippen MR) is 130 cm³/mol. The Bertz CT molecular complexity index is 1180. The maximum absolute atomic E-state index is 4.15. The van der Waals surface area contributed by atoms with Crippen molar-refractivity contribution in [3.05, 3.63) is 115 Å². The summed E-state index contributed by atoms with van der Waals surface area (Å²) >= 11 is 0. The smallest absolute Gasteiger partial charge is 0.0312 e. The van der Waals surface area contributed by atoms with Crippen LogP contribution in [0.25, 0.3) is 22.3 Å². The fourth-order valence-corrected chi connectivity index (χ4v) is 5.49. The molecule has 2 aliphatic heterocycles. The van der Waals surface area contributed by atoms with E-state index in [2.05, 4.69) is 106 Å². The zero-order chi connectivity index (χ0) is 21.3. The van der Waals surface area contributed by atoms with Crippen LogP contribution < -0.4 is 5.32 Å². The summed E-state index contributed by atoms with van der Waals surface area (Å²) in [6.07, 6.45) is 3.72. The van der Waals surface area contributed by atoms with Gasteiger partial charge in [-0.15, -0.1) is 0 Å². The van der Waals surface area contributed by atoms with E-state index in [0.29, 0.717) is 18.0 Å². The second kappa shape index (κ2) is 8.34. The van der Waals surface area contributed by atoms with Gasteiger partial charge < -0.3 is 5.32 Å². The molecule has 4 aromatic rings. The summed E-state index contributed by atoms with van der Waals surface area (Å²) in [4.78, 5) is 6.84. The molecule has 3 aromatic carbocycles. The van der Waals surface area contributed by atoms with E-state index in [9.17, 15) is 0 Å². The first-order valence-electron chi connectivity index (χ1n) is 11.5. The second-order valence-corrected chi connectivity index (χ2v) is 8.92. The summed E-state index contributed by atoms with van der Waals surface area (Å²) in [5.74, 6) is 0.615. The molecule has 0 aliphatic carbocycles. The monoisotopic (exact) mass is 417 g/mol. The van der Waals surface area contributed by atoms with Crippen molar-refractivity contribution in [3.8, 4) is 22.3 Å². The van der Waals surface area contributed by atoms with Crippen LogP contribution in [-0.2, 0) is 6.54 Å². The van der Waals surface area contributed by atoms with Crippen LogP contribution in [0.4, 0.5) is 0 Å². The van der Waals surface area contributed by atoms with Gasteiger partial charge in [0, 0.05) is 50.0 Å². The van der Waals surface area contributed by atoms with E-state index in [-0.39, 0.29) is 0 Å². The fraction of sp³-hybridized carbons (Fsp3) is 0.207. The fourth-order valence-electron chi connectivity index (χ4n) is 5.49. The summed E-state index contributed by atoms with van der Waals surface area (Å²) in [5.41, 5.74) is 7.93. The van der Waals surface area contributed by atoms with Crippen molar-refractivity contribution in [1.82, 2.24) is 15.2 Å². The molecule has 0 amide bonds. The summed E-state index contributed by atoms with van der Waals surface area (Å²) in [7, 11) is 0. The number of rotatable bonds is 5. The van der Waals surface area contributed by atoms with Gasteiger partial charge in [-0.25, -0.2) is 0 Å². The van der Waals surface area contributed by atoms with Gasteiger partial charge in [0.15, 0.2) is 0 Å². The first-order chi connectivity index (χ1) is 15.9. The highest BCUT2D eigenvalue weighted by Crippen LogP contribution is 2.43. The van der Waals surface area contributed by atoms with Crippen LogP contribution in [0.1, 0.15) is 17.0 Å². The molecule has 0 saturated carbocycles. The summed E-state index contributed by atoms with van der Waals surface area (Å²) in [5, 5.41) is 3.63. The van der Waals surface area contributed by atoms with E-state index in [4.69, 9.17) is 0 Å². The molecule has 3 heteroatoms. The number of benzene rings is 3. The average Bonchev–Trinajstić information content (AvgIpc) is 2.89. The third-order valence-electron chi connectivity index (χ3n) is 7.10. The van der Waals surface area contributed by atoms with Crippen LogP contribution >= 0.6 is 0 Å². The van der Waals surface area contributed by atoms with Gasteiger partial charge in [-0.1, -0.05) is 72.8 Å². The molecular formula is C29H27N3. The summed E-state index contributed by atoms with van der Waals surface area (Å²) < 4.78 is 0. The number of nitrogens with one attached hydrogen (secondary N) is 1. The van der Waals surface area contributed by atoms with Crippen molar-refractivity contribution < 1.29 is 0 Å². The molecule has 2 aliphatic rings. The quantitative estimate of drug-likeness (QED) is 0.474. The van der Waals surface area contributed by atoms with Gasteiger partial charge in [-0.2, -0.15) is 0 Å². The largest absolute Gasteiger partial charge is 0.314 e. The molecule has 3 atom stereocenters. The summed E-state index contributed by atoms with van der Waals surface area (Å²) in [6.45, 7) is 3.13. The Balaban J connectivity index is 1.20. The van der Waals surface area contributed by atoms with Crippen LogP contribution in [0.2, 0.25) is 0 Å². The molecule has 3 nitrogen and oxygen atoms in total. The number of hydrogen-bond acceptors (Lipinski definition) is 3. The van der Waals surface area contributed by atoms with Gasteiger partial charge in [-0.3, -0.25) is 9.88 Å². The first-order valence-corrected chi connectivity index (χ1v) is 11.5. The molecule has 3 heterocycles. The van der Waals surface area contributed by atoms with Gasteiger partial charge in [-0.05, 0) is 51.6 Å². The third-order valence-corrected chi connectivity index (χ3v) is 7.10. The zero-order valence-corrected chi connectivity index (χ0v) is 18.1. The lowest BCUT2D eigenvalue weighted by Gasteiger charge is -2.59. The van der Waals surface area contributed by atoms with E-state index in [0.717, 1.165) is 19.6 Å². The minimum Gasteiger partial charge on any atom is -0.314 e. The minimum absolute atomic E-state index is 0.556. The van der Waals surface area contributed by atoms with E-state index in [1.54, 1.807) is 0 Å². The third kappa shape index (κ3) is 3.54. The van der Waals surface area contributed by atoms with Crippen LogP contribution in [-0.4, -0.2) is 35.1 Å². The van der Waals surface area contributed by atoms with Crippen LogP contribution in [0, 0.1) is 0 Å². The van der Waals surface area contributed by atoms with Crippen molar-refractivity contribution in [2.45, 2.75) is 24.5 Å². The highest BCUT2D eigenvalue weighted by Gasteiger charge is 2.50. The van der Waals surface area contributed by atoms with Gasteiger partial charge in [0.1, 0.15) is 0 Å². The van der Waals surface area contributed by atoms with E-state index in [1.165, 1.54) is 33.4 Å². The topological polar surface area (TPSA) is 28.2 Å². The molecule has 158 valence electrons. The Kier molecular flexibility index (Phi) is 5.06. The highest BCUT2D eigenvalue weighted by atomic mass is 15.3. The molecule has 1 unspecified atom stereocenters. The first kappa shape index (κ1) is 19.4. The number of piperazine rings is 1. The molecule has 2 fully saturated rings. The van der Waals surface area contributed by atoms with Crippen molar-refractivity contribution in [2.24, 2.45) is 0 Å². The van der Waals surface area contributed by atoms with E-state index >= 15 is 0 Å². The number of piperidine rings is 1. The second-order valence-electron chi connectivity index (χ2n) is 8.92. The Hall–Kier alpha value is -3.27. The molecule has 1 aromatic heterocycles. The number of nitrogens with zero attached hydrogens (tertiary/aromatic N) is 2. The number of pyridine rings is 1. The Morgan fingerprint density at radius 2 is 1.34 bits per heavy atom. The molecule has 0 radical (unpaired) electrons. The van der Waals surface area contributed by atoms with Crippen molar-refractivity contribution >= 4 is 0 Å². The Labute approximate surface area is 189 Å². The molecule has 32 heavy (non-hydrogen) atoms. The zero-order valence-electron chi connectivity index (χ0n) is 18.1. The number of hydrogen-bond donors (Lipinski definition) is 1. The number of aromatic nitrogens is 1. The average molecular weight is 418 g/mol. The van der Waals surface area contributed by atoms with Gasteiger partial charge in [0.05, 0.1) is 0 Å². The standard InChI is InChI=1S/C29H27N3/c1-2-6-22(7-3-1)23-9-11-25(12-10-23)29-27-18-31-19-28(29)32(27)20-21-5-4-8-26(17-21)24-13-15-30-16-14-24/h1-17,27-29,31H,18-20H2/t27-,28+,29?. The normalized spacial score (nSPS) is 22.3. The van der Waals surface area contributed by atoms with Crippen molar-refractivity contribution in [1.29, 1.82) is 0 Å². The predicted octanol–water partition coefficient (Wildman–Crippen LogP) is 5.36. The Morgan fingerprint density at radius 1 is 0.688 bits per heavy atom. The Morgan fingerprint density at radius 3 is 2.09 bits per heavy atom. The van der Waals surface area contributed by atoms with Gasteiger partial charge in [0.2, 0.25) is 0 Å². The van der Waals surface area contributed by atoms with Gasteiger partial charge >= 0.3 is 0 Å². The van der Waals surface area contributed by atoms with Crippen molar-refractivity contribution in [2.75, 3.05) is 13.1 Å². The molecule has 2 saturated heterocycles. The lowest BCUT2D eigenvalue weighted by Crippen LogP contribution is -2.72. The van der Waals surface area contributed by atoms with Crippen molar-refractivity contribution in [3.63, 3.8) is 0 Å². The lowest BCUT2D eigenvalue weighted by atomic mass is 9.72. The number of likely N-dealkylation sites (tertiary alicyclic amines) is 1. The SMILES string of the molecule is c1ccc(-c2ccc(C3[C@H]4CNC[C@@H]3N4Cc3cccc(-c4ccncc4)c3)cc2)cc1. The maximum Gasteiger partial charge on any atom is 0.0312 e. The van der Waals surface area contributed by atoms with Crippen LogP contribution in [0.3, 0.4) is 0 Å². The minimum atomic E-state index is 0.556. The molecule has 2 bridgehead atoms. The van der Waals surface area contributed by atoms with Crippen LogP contribution in [0.15, 0.2) is 103 Å². The lowest BCUT2D eigenvalue weighted by molar-refractivity contribution is -0.0483. The molecular weight excluding hydrogens is 390 g/mol. The van der Waals surface area contributed by atoms with Gasteiger partial charge in [0.25, 0.3) is 0 Å². The summed E-state index contributed by atoms with van der Waals surface area (Å²) in [6, 6.07) is 34.1. The van der Waals surface area contributed by atoms with Crippen LogP contribution in [0.5, 0.6) is 0 Å². The van der Waals surface area contributed by atoms with E-state index < -0.39 is 0 Å². The van der Waals surface area contributed by atoms with E-state index in [1.807, 2.05) is 12.4 Å². The molecule has 6 rings (SSSR count).